The first kappa shape index (κ1) is 11.8. The van der Waals surface area contributed by atoms with Crippen LogP contribution in [0.25, 0.3) is 20.8 Å². The summed E-state index contributed by atoms with van der Waals surface area (Å²) in [6.45, 7) is 0. The zero-order chi connectivity index (χ0) is 13.2. The maximum absolute atomic E-state index is 10.8. The van der Waals surface area contributed by atoms with E-state index >= 15 is 0 Å². The summed E-state index contributed by atoms with van der Waals surface area (Å²) < 4.78 is 1.15. The lowest BCUT2D eigenvalue weighted by atomic mass is 10.2. The summed E-state index contributed by atoms with van der Waals surface area (Å²) in [7, 11) is 0. The fraction of sp³-hybridized carbons (Fsp3) is 0.0714. The third kappa shape index (κ3) is 2.46. The lowest BCUT2D eigenvalue weighted by molar-refractivity contribution is -0.117. The van der Waals surface area contributed by atoms with Crippen LogP contribution >= 0.6 is 11.3 Å². The van der Waals surface area contributed by atoms with Crippen molar-refractivity contribution in [1.29, 1.82) is 0 Å². The van der Waals surface area contributed by atoms with Crippen molar-refractivity contribution in [3.8, 4) is 10.6 Å². The fourth-order valence-electron chi connectivity index (χ4n) is 1.83. The van der Waals surface area contributed by atoms with Gasteiger partial charge in [0.25, 0.3) is 0 Å². The van der Waals surface area contributed by atoms with Gasteiger partial charge >= 0.3 is 0 Å². The van der Waals surface area contributed by atoms with Gasteiger partial charge in [-0.15, -0.1) is 11.3 Å². The summed E-state index contributed by atoms with van der Waals surface area (Å²) in [4.78, 5) is 19.6. The molecule has 0 bridgehead atoms. The molecule has 3 rings (SSSR count). The number of pyridine rings is 1. The number of thiazole rings is 1. The highest BCUT2D eigenvalue weighted by molar-refractivity contribution is 7.21. The van der Waals surface area contributed by atoms with E-state index in [-0.39, 0.29) is 12.3 Å². The highest BCUT2D eigenvalue weighted by Gasteiger charge is 2.07. The number of amides is 1. The molecule has 2 N–H and O–H groups in total. The molecule has 0 saturated heterocycles. The third-order valence-electron chi connectivity index (χ3n) is 2.72. The van der Waals surface area contributed by atoms with Gasteiger partial charge in [0.2, 0.25) is 5.91 Å². The van der Waals surface area contributed by atoms with Crippen LogP contribution in [0.5, 0.6) is 0 Å². The maximum Gasteiger partial charge on any atom is 0.223 e. The molecular formula is C14H11N3OS. The van der Waals surface area contributed by atoms with Gasteiger partial charge in [0.05, 0.1) is 16.6 Å². The van der Waals surface area contributed by atoms with Crippen LogP contribution in [-0.2, 0) is 11.2 Å². The Morgan fingerprint density at radius 3 is 2.74 bits per heavy atom. The van der Waals surface area contributed by atoms with E-state index in [4.69, 9.17) is 5.73 Å². The first-order valence-electron chi connectivity index (χ1n) is 5.81. The Morgan fingerprint density at radius 1 is 1.21 bits per heavy atom. The second-order valence-electron chi connectivity index (χ2n) is 4.17. The van der Waals surface area contributed by atoms with Crippen molar-refractivity contribution in [2.45, 2.75) is 6.42 Å². The first-order chi connectivity index (χ1) is 9.22. The van der Waals surface area contributed by atoms with Gasteiger partial charge in [-0.1, -0.05) is 12.1 Å². The molecule has 0 aliphatic heterocycles. The number of aromatic nitrogens is 2. The summed E-state index contributed by atoms with van der Waals surface area (Å²) in [5, 5.41) is 0.930. The molecular weight excluding hydrogens is 258 g/mol. The van der Waals surface area contributed by atoms with Crippen LogP contribution in [0.4, 0.5) is 0 Å². The average Bonchev–Trinajstić information content (AvgIpc) is 2.82. The van der Waals surface area contributed by atoms with Crippen molar-refractivity contribution in [3.05, 3.63) is 48.3 Å². The lowest BCUT2D eigenvalue weighted by Crippen LogP contribution is -2.14. The van der Waals surface area contributed by atoms with Crippen molar-refractivity contribution in [2.24, 2.45) is 5.73 Å². The van der Waals surface area contributed by atoms with Crippen LogP contribution < -0.4 is 5.73 Å². The number of hydrogen-bond acceptors (Lipinski definition) is 4. The van der Waals surface area contributed by atoms with Gasteiger partial charge in [0.15, 0.2) is 0 Å². The van der Waals surface area contributed by atoms with E-state index in [1.807, 2.05) is 36.4 Å². The van der Waals surface area contributed by atoms with Crippen molar-refractivity contribution in [2.75, 3.05) is 0 Å². The number of primary amides is 1. The Kier molecular flexibility index (Phi) is 2.97. The smallest absolute Gasteiger partial charge is 0.223 e. The normalized spacial score (nSPS) is 10.7. The molecule has 0 unspecified atom stereocenters. The molecule has 4 nitrogen and oxygen atoms in total. The van der Waals surface area contributed by atoms with Crippen LogP contribution in [0.3, 0.4) is 0 Å². The largest absolute Gasteiger partial charge is 0.369 e. The van der Waals surface area contributed by atoms with E-state index in [0.29, 0.717) is 5.69 Å². The Morgan fingerprint density at radius 2 is 2.05 bits per heavy atom. The van der Waals surface area contributed by atoms with E-state index in [9.17, 15) is 4.79 Å². The van der Waals surface area contributed by atoms with Gasteiger partial charge in [-0.05, 0) is 24.3 Å². The number of nitrogens with two attached hydrogens (primary N) is 1. The molecule has 5 heteroatoms. The van der Waals surface area contributed by atoms with Crippen molar-refractivity contribution >= 4 is 27.5 Å². The summed E-state index contributed by atoms with van der Waals surface area (Å²) >= 11 is 1.63. The molecule has 0 atom stereocenters. The van der Waals surface area contributed by atoms with E-state index in [2.05, 4.69) is 9.97 Å². The average molecular weight is 269 g/mol. The van der Waals surface area contributed by atoms with Crippen LogP contribution in [0, 0.1) is 0 Å². The predicted molar refractivity (Wildman–Crippen MR) is 75.7 cm³/mol. The van der Waals surface area contributed by atoms with Gasteiger partial charge in [0, 0.05) is 17.5 Å². The van der Waals surface area contributed by atoms with Gasteiger partial charge < -0.3 is 5.73 Å². The van der Waals surface area contributed by atoms with Crippen LogP contribution in [0.2, 0.25) is 0 Å². The number of rotatable bonds is 3. The van der Waals surface area contributed by atoms with Crippen molar-refractivity contribution in [1.82, 2.24) is 9.97 Å². The lowest BCUT2D eigenvalue weighted by Gasteiger charge is -1.98. The van der Waals surface area contributed by atoms with Gasteiger partial charge in [0.1, 0.15) is 5.01 Å². The fourth-order valence-corrected chi connectivity index (χ4v) is 2.79. The SMILES string of the molecule is NC(=O)Cc1ccc(-c2nc3ccccc3s2)cn1. The number of nitrogens with zero attached hydrogens (tertiary/aromatic N) is 2. The molecule has 3 aromatic rings. The molecule has 0 fully saturated rings. The molecule has 0 aliphatic carbocycles. The topological polar surface area (TPSA) is 68.9 Å². The minimum Gasteiger partial charge on any atom is -0.369 e. The van der Waals surface area contributed by atoms with Gasteiger partial charge in [-0.2, -0.15) is 0 Å². The number of hydrogen-bond donors (Lipinski definition) is 1. The van der Waals surface area contributed by atoms with E-state index in [0.717, 1.165) is 20.8 Å². The second-order valence-corrected chi connectivity index (χ2v) is 5.20. The number of para-hydroxylation sites is 1. The van der Waals surface area contributed by atoms with Gasteiger partial charge in [-0.3, -0.25) is 9.78 Å². The third-order valence-corrected chi connectivity index (χ3v) is 3.81. The standard InChI is InChI=1S/C14H11N3OS/c15-13(18)7-10-6-5-9(8-16-10)14-17-11-3-1-2-4-12(11)19-14/h1-6,8H,7H2,(H2,15,18). The second kappa shape index (κ2) is 4.78. The summed E-state index contributed by atoms with van der Waals surface area (Å²) in [6.07, 6.45) is 1.90. The molecule has 2 aromatic heterocycles. The number of carbonyl (C=O) groups is 1. The molecule has 0 aliphatic rings. The maximum atomic E-state index is 10.8. The molecule has 2 heterocycles. The molecule has 0 saturated carbocycles. The number of benzene rings is 1. The first-order valence-corrected chi connectivity index (χ1v) is 6.63. The predicted octanol–water partition coefficient (Wildman–Crippen LogP) is 2.39. The zero-order valence-electron chi connectivity index (χ0n) is 10.0. The summed E-state index contributed by atoms with van der Waals surface area (Å²) in [6, 6.07) is 11.7. The van der Waals surface area contributed by atoms with E-state index in [1.165, 1.54) is 0 Å². The summed E-state index contributed by atoms with van der Waals surface area (Å²) in [5.74, 6) is -0.375. The molecule has 94 valence electrons. The van der Waals surface area contributed by atoms with Gasteiger partial charge in [-0.25, -0.2) is 4.98 Å². The van der Waals surface area contributed by atoms with E-state index in [1.54, 1.807) is 17.5 Å². The van der Waals surface area contributed by atoms with Crippen molar-refractivity contribution < 1.29 is 4.79 Å². The van der Waals surface area contributed by atoms with Crippen LogP contribution in [-0.4, -0.2) is 15.9 Å². The molecule has 0 radical (unpaired) electrons. The summed E-state index contributed by atoms with van der Waals surface area (Å²) in [5.41, 5.74) is 7.76. The van der Waals surface area contributed by atoms with Crippen LogP contribution in [0.1, 0.15) is 5.69 Å². The molecule has 19 heavy (non-hydrogen) atoms. The molecule has 1 aromatic carbocycles. The van der Waals surface area contributed by atoms with Crippen molar-refractivity contribution in [3.63, 3.8) is 0 Å². The Balaban J connectivity index is 1.95. The Hall–Kier alpha value is -2.27. The zero-order valence-corrected chi connectivity index (χ0v) is 10.9. The molecule has 1 amide bonds. The number of fused-ring (bicyclic) bond motifs is 1. The number of carbonyl (C=O) groups excluding carboxylic acids is 1. The minimum atomic E-state index is -0.375. The molecule has 0 spiro atoms. The minimum absolute atomic E-state index is 0.167. The van der Waals surface area contributed by atoms with E-state index < -0.39 is 0 Å². The highest BCUT2D eigenvalue weighted by atomic mass is 32.1. The quantitative estimate of drug-likeness (QED) is 0.793. The monoisotopic (exact) mass is 269 g/mol. The Labute approximate surface area is 113 Å². The Bertz CT molecular complexity index is 701. The highest BCUT2D eigenvalue weighted by Crippen LogP contribution is 2.29. The van der Waals surface area contributed by atoms with Crippen LogP contribution in [0.15, 0.2) is 42.6 Å².